The van der Waals surface area contributed by atoms with E-state index in [0.29, 0.717) is 0 Å². The van der Waals surface area contributed by atoms with Crippen molar-refractivity contribution < 1.29 is 17.7 Å². The third kappa shape index (κ3) is 0.852. The molecule has 66 valence electrons. The minimum atomic E-state index is -4.19. The van der Waals surface area contributed by atoms with Crippen LogP contribution in [0.5, 0.6) is 0 Å². The molecule has 0 bridgehead atoms. The fourth-order valence-corrected chi connectivity index (χ4v) is 1.27. The van der Waals surface area contributed by atoms with E-state index in [1.54, 1.807) is 0 Å². The summed E-state index contributed by atoms with van der Waals surface area (Å²) in [5.74, 6) is 0. The summed E-state index contributed by atoms with van der Waals surface area (Å²) < 4.78 is 41.5. The molecule has 0 unspecified atom stereocenters. The molecule has 1 aliphatic carbocycles. The summed E-state index contributed by atoms with van der Waals surface area (Å²) in [7, 11) is 0. The van der Waals surface area contributed by atoms with Crippen LogP contribution in [0.3, 0.4) is 0 Å². The molecule has 5 heteroatoms. The Hall–Kier alpha value is -1.00. The second-order valence-electron chi connectivity index (χ2n) is 2.96. The van der Waals surface area contributed by atoms with E-state index in [0.717, 1.165) is 0 Å². The lowest BCUT2D eigenvalue weighted by Gasteiger charge is -2.15. The van der Waals surface area contributed by atoms with Gasteiger partial charge in [-0.3, -0.25) is 0 Å². The van der Waals surface area contributed by atoms with Gasteiger partial charge in [0, 0.05) is 6.07 Å². The number of hydrogen-bond donors (Lipinski definition) is 0. The maximum Gasteiger partial charge on any atom is 0.400 e. The molecule has 1 heterocycles. The van der Waals surface area contributed by atoms with Crippen LogP contribution in [0.1, 0.15) is 18.5 Å². The van der Waals surface area contributed by atoms with E-state index in [1.165, 1.54) is 12.3 Å². The molecule has 1 saturated carbocycles. The Balaban J connectivity index is 2.35. The summed E-state index contributed by atoms with van der Waals surface area (Å²) in [5.41, 5.74) is -1.69. The third-order valence-electron chi connectivity index (χ3n) is 2.22. The van der Waals surface area contributed by atoms with Gasteiger partial charge in [-0.15, -0.1) is 0 Å². The maximum atomic E-state index is 12.4. The van der Waals surface area contributed by atoms with Gasteiger partial charge in [0.05, 0.1) is 5.69 Å². The van der Waals surface area contributed by atoms with Gasteiger partial charge in [-0.2, -0.15) is 13.2 Å². The predicted molar refractivity (Wildman–Crippen MR) is 33.5 cm³/mol. The number of alkyl halides is 3. The summed E-state index contributed by atoms with van der Waals surface area (Å²) in [6.45, 7) is 0. The van der Waals surface area contributed by atoms with Gasteiger partial charge in [0.25, 0.3) is 0 Å². The van der Waals surface area contributed by atoms with Crippen LogP contribution in [0.2, 0.25) is 0 Å². The minimum absolute atomic E-state index is 0.00926. The van der Waals surface area contributed by atoms with Gasteiger partial charge in [-0.25, -0.2) is 0 Å². The number of hydrogen-bond acceptors (Lipinski definition) is 2. The van der Waals surface area contributed by atoms with Crippen LogP contribution < -0.4 is 0 Å². The van der Waals surface area contributed by atoms with E-state index in [2.05, 4.69) is 9.68 Å². The normalized spacial score (nSPS) is 20.9. The first-order valence-electron chi connectivity index (χ1n) is 3.54. The molecule has 2 rings (SSSR count). The van der Waals surface area contributed by atoms with Gasteiger partial charge in [-0.1, -0.05) is 5.16 Å². The Bertz CT molecular complexity index is 273. The molecule has 0 aromatic carbocycles. The number of rotatable bonds is 1. The fourth-order valence-electron chi connectivity index (χ4n) is 1.27. The van der Waals surface area contributed by atoms with E-state index in [9.17, 15) is 13.2 Å². The highest BCUT2D eigenvalue weighted by molar-refractivity contribution is 5.25. The van der Waals surface area contributed by atoms with Crippen molar-refractivity contribution >= 4 is 0 Å². The lowest BCUT2D eigenvalue weighted by atomic mass is 10.0. The highest BCUT2D eigenvalue weighted by atomic mass is 19.4. The van der Waals surface area contributed by atoms with Crippen LogP contribution in [0.4, 0.5) is 13.2 Å². The van der Waals surface area contributed by atoms with Crippen molar-refractivity contribution in [3.63, 3.8) is 0 Å². The standard InChI is InChI=1S/C7H6F3NO/c8-7(9,10)6(2-3-6)5-1-4-12-11-5/h1,4H,2-3H2. The molecular weight excluding hydrogens is 171 g/mol. The van der Waals surface area contributed by atoms with Crippen molar-refractivity contribution in [1.29, 1.82) is 0 Å². The van der Waals surface area contributed by atoms with E-state index >= 15 is 0 Å². The molecule has 1 aromatic heterocycles. The van der Waals surface area contributed by atoms with Crippen LogP contribution in [0, 0.1) is 0 Å². The molecule has 0 amide bonds. The van der Waals surface area contributed by atoms with E-state index in [-0.39, 0.29) is 18.5 Å². The van der Waals surface area contributed by atoms with Gasteiger partial charge in [0.15, 0.2) is 0 Å². The molecule has 0 N–H and O–H groups in total. The summed E-state index contributed by atoms with van der Waals surface area (Å²) >= 11 is 0. The topological polar surface area (TPSA) is 26.0 Å². The van der Waals surface area contributed by atoms with Crippen molar-refractivity contribution in [2.45, 2.75) is 24.4 Å². The SMILES string of the molecule is FC(F)(F)C1(c2ccon2)CC1. The van der Waals surface area contributed by atoms with Gasteiger partial charge in [-0.05, 0) is 12.8 Å². The van der Waals surface area contributed by atoms with Gasteiger partial charge >= 0.3 is 6.18 Å². The smallest absolute Gasteiger partial charge is 0.364 e. The first-order valence-corrected chi connectivity index (χ1v) is 3.54. The molecule has 12 heavy (non-hydrogen) atoms. The summed E-state index contributed by atoms with van der Waals surface area (Å²) in [5, 5.41) is 3.32. The van der Waals surface area contributed by atoms with Gasteiger partial charge in [0.1, 0.15) is 11.7 Å². The first kappa shape index (κ1) is 7.64. The molecule has 0 saturated heterocycles. The largest absolute Gasteiger partial charge is 0.400 e. The first-order chi connectivity index (χ1) is 5.56. The molecule has 0 radical (unpaired) electrons. The molecule has 1 aromatic rings. The molecule has 0 aliphatic heterocycles. The lowest BCUT2D eigenvalue weighted by Crippen LogP contribution is -2.28. The highest BCUT2D eigenvalue weighted by Crippen LogP contribution is 2.58. The van der Waals surface area contributed by atoms with E-state index < -0.39 is 11.6 Å². The number of nitrogens with zero attached hydrogens (tertiary/aromatic N) is 1. The zero-order valence-corrected chi connectivity index (χ0v) is 6.06. The lowest BCUT2D eigenvalue weighted by molar-refractivity contribution is -0.161. The van der Waals surface area contributed by atoms with Crippen LogP contribution in [0.15, 0.2) is 16.9 Å². The maximum absolute atomic E-state index is 12.4. The van der Waals surface area contributed by atoms with Crippen LogP contribution >= 0.6 is 0 Å². The van der Waals surface area contributed by atoms with Crippen LogP contribution in [-0.2, 0) is 5.41 Å². The summed E-state index contributed by atoms with van der Waals surface area (Å²) in [4.78, 5) is 0. The van der Waals surface area contributed by atoms with Gasteiger partial charge < -0.3 is 4.52 Å². The zero-order chi connectivity index (χ0) is 8.82. The van der Waals surface area contributed by atoms with Crippen molar-refractivity contribution in [2.75, 3.05) is 0 Å². The van der Waals surface area contributed by atoms with E-state index in [1.807, 2.05) is 0 Å². The average Bonchev–Trinajstić information content (AvgIpc) is 2.61. The molecule has 2 nitrogen and oxygen atoms in total. The highest BCUT2D eigenvalue weighted by Gasteiger charge is 2.65. The second kappa shape index (κ2) is 2.02. The number of aromatic nitrogens is 1. The minimum Gasteiger partial charge on any atom is -0.364 e. The molecule has 0 spiro atoms. The van der Waals surface area contributed by atoms with Gasteiger partial charge in [0.2, 0.25) is 0 Å². The Kier molecular flexibility index (Phi) is 1.29. The third-order valence-corrected chi connectivity index (χ3v) is 2.22. The van der Waals surface area contributed by atoms with Crippen molar-refractivity contribution in [1.82, 2.24) is 5.16 Å². The second-order valence-corrected chi connectivity index (χ2v) is 2.96. The molecule has 1 aliphatic rings. The number of halogens is 3. The Morgan fingerprint density at radius 3 is 2.42 bits per heavy atom. The zero-order valence-electron chi connectivity index (χ0n) is 6.06. The van der Waals surface area contributed by atoms with Crippen LogP contribution in [0.25, 0.3) is 0 Å². The van der Waals surface area contributed by atoms with E-state index in [4.69, 9.17) is 0 Å². The molecular formula is C7H6F3NO. The molecule has 1 fully saturated rings. The Morgan fingerprint density at radius 1 is 1.42 bits per heavy atom. The quantitative estimate of drug-likeness (QED) is 0.657. The summed E-state index contributed by atoms with van der Waals surface area (Å²) in [6, 6.07) is 1.28. The van der Waals surface area contributed by atoms with Crippen molar-refractivity contribution in [3.05, 3.63) is 18.0 Å². The average molecular weight is 177 g/mol. The fraction of sp³-hybridized carbons (Fsp3) is 0.571. The molecule has 0 atom stereocenters. The van der Waals surface area contributed by atoms with Crippen molar-refractivity contribution in [2.24, 2.45) is 0 Å². The van der Waals surface area contributed by atoms with Crippen LogP contribution in [-0.4, -0.2) is 11.3 Å². The Morgan fingerprint density at radius 2 is 2.08 bits per heavy atom. The van der Waals surface area contributed by atoms with Crippen molar-refractivity contribution in [3.8, 4) is 0 Å². The predicted octanol–water partition coefficient (Wildman–Crippen LogP) is 2.27. The Labute approximate surface area is 66.3 Å². The monoisotopic (exact) mass is 177 g/mol. The summed E-state index contributed by atoms with van der Waals surface area (Å²) in [6.07, 6.45) is -2.77.